The highest BCUT2D eigenvalue weighted by atomic mass is 16.5. The summed E-state index contributed by atoms with van der Waals surface area (Å²) in [6.45, 7) is 0. The molecule has 0 aliphatic heterocycles. The SMILES string of the molecule is COC(=O)c1c(O)c(Nc2ccccc2)c(C(=O)OC)c(O)c1Nc1ccccc1. The molecule has 0 unspecified atom stereocenters. The number of rotatable bonds is 6. The molecule has 0 aliphatic rings. The molecule has 8 heteroatoms. The molecule has 3 rings (SSSR count). The molecule has 0 fully saturated rings. The number of phenols is 2. The zero-order chi connectivity index (χ0) is 21.7. The van der Waals surface area contributed by atoms with Gasteiger partial charge in [-0.1, -0.05) is 36.4 Å². The van der Waals surface area contributed by atoms with Gasteiger partial charge in [0.2, 0.25) is 0 Å². The van der Waals surface area contributed by atoms with Crippen molar-refractivity contribution in [2.24, 2.45) is 0 Å². The maximum atomic E-state index is 12.5. The Labute approximate surface area is 172 Å². The normalized spacial score (nSPS) is 10.2. The number of esters is 2. The van der Waals surface area contributed by atoms with E-state index in [2.05, 4.69) is 10.6 Å². The Morgan fingerprint density at radius 2 is 1.00 bits per heavy atom. The van der Waals surface area contributed by atoms with Gasteiger partial charge in [-0.3, -0.25) is 0 Å². The van der Waals surface area contributed by atoms with Crippen LogP contribution in [0.25, 0.3) is 0 Å². The number of carbonyl (C=O) groups is 2. The van der Waals surface area contributed by atoms with Crippen LogP contribution in [-0.2, 0) is 9.47 Å². The number of nitrogens with one attached hydrogen (secondary N) is 2. The van der Waals surface area contributed by atoms with Gasteiger partial charge in [0.25, 0.3) is 0 Å². The Bertz CT molecular complexity index is 981. The smallest absolute Gasteiger partial charge is 0.344 e. The van der Waals surface area contributed by atoms with Crippen LogP contribution in [0.15, 0.2) is 60.7 Å². The lowest BCUT2D eigenvalue weighted by molar-refractivity contribution is 0.0582. The quantitative estimate of drug-likeness (QED) is 0.273. The number of benzene rings is 3. The second kappa shape index (κ2) is 8.87. The average Bonchev–Trinajstić information content (AvgIpc) is 2.78. The molecule has 154 valence electrons. The van der Waals surface area contributed by atoms with Crippen molar-refractivity contribution >= 4 is 34.7 Å². The number of para-hydroxylation sites is 2. The minimum Gasteiger partial charge on any atom is -0.505 e. The second-order valence-electron chi connectivity index (χ2n) is 6.16. The molecular formula is C22H20N2O6. The van der Waals surface area contributed by atoms with Gasteiger partial charge in [0, 0.05) is 11.4 Å². The number of anilines is 4. The van der Waals surface area contributed by atoms with E-state index in [1.54, 1.807) is 60.7 Å². The van der Waals surface area contributed by atoms with E-state index in [9.17, 15) is 19.8 Å². The van der Waals surface area contributed by atoms with Crippen molar-refractivity contribution in [1.82, 2.24) is 0 Å². The number of carbonyl (C=O) groups excluding carboxylic acids is 2. The van der Waals surface area contributed by atoms with Crippen LogP contribution in [0.5, 0.6) is 11.5 Å². The molecule has 0 saturated carbocycles. The largest absolute Gasteiger partial charge is 0.505 e. The van der Waals surface area contributed by atoms with Gasteiger partial charge in [-0.15, -0.1) is 0 Å². The van der Waals surface area contributed by atoms with Crippen molar-refractivity contribution in [2.75, 3.05) is 24.9 Å². The summed E-state index contributed by atoms with van der Waals surface area (Å²) in [5.41, 5.74) is -0.0436. The Hall–Kier alpha value is -4.20. The predicted octanol–water partition coefficient (Wildman–Crippen LogP) is 4.16. The molecular weight excluding hydrogens is 388 g/mol. The standard InChI is InChI=1S/C22H20N2O6/c1-29-21(27)15-17(23-13-9-5-3-6-10-13)20(26)16(22(28)30-2)18(19(15)25)24-14-11-7-4-8-12-14/h3-12,23-26H,1-2H3. The number of hydrogen-bond acceptors (Lipinski definition) is 8. The fourth-order valence-corrected chi connectivity index (χ4v) is 2.90. The van der Waals surface area contributed by atoms with E-state index >= 15 is 0 Å². The third kappa shape index (κ3) is 3.97. The molecule has 0 heterocycles. The van der Waals surface area contributed by atoms with Crippen LogP contribution in [0.2, 0.25) is 0 Å². The lowest BCUT2D eigenvalue weighted by atomic mass is 10.0. The van der Waals surface area contributed by atoms with Gasteiger partial charge in [0.05, 0.1) is 14.2 Å². The number of phenolic OH excluding ortho intramolecular Hbond substituents is 2. The fraction of sp³-hybridized carbons (Fsp3) is 0.0909. The Morgan fingerprint density at radius 1 is 0.667 bits per heavy atom. The highest BCUT2D eigenvalue weighted by molar-refractivity contribution is 6.11. The van der Waals surface area contributed by atoms with Gasteiger partial charge in [0.1, 0.15) is 22.5 Å². The van der Waals surface area contributed by atoms with Crippen molar-refractivity contribution < 1.29 is 29.3 Å². The maximum absolute atomic E-state index is 12.5. The predicted molar refractivity (Wildman–Crippen MR) is 112 cm³/mol. The minimum atomic E-state index is -0.909. The molecule has 0 atom stereocenters. The fourth-order valence-electron chi connectivity index (χ4n) is 2.90. The molecule has 0 saturated heterocycles. The Kier molecular flexibility index (Phi) is 6.07. The molecule has 0 spiro atoms. The molecule has 30 heavy (non-hydrogen) atoms. The molecule has 0 aromatic heterocycles. The summed E-state index contributed by atoms with van der Waals surface area (Å²) in [5, 5.41) is 27.6. The molecule has 0 bridgehead atoms. The first-order chi connectivity index (χ1) is 14.5. The van der Waals surface area contributed by atoms with E-state index in [4.69, 9.17) is 9.47 Å². The zero-order valence-corrected chi connectivity index (χ0v) is 16.3. The molecule has 0 amide bonds. The highest BCUT2D eigenvalue weighted by Gasteiger charge is 2.32. The molecule has 3 aromatic carbocycles. The topological polar surface area (TPSA) is 117 Å². The van der Waals surface area contributed by atoms with Gasteiger partial charge < -0.3 is 30.3 Å². The van der Waals surface area contributed by atoms with E-state index in [0.717, 1.165) is 14.2 Å². The van der Waals surface area contributed by atoms with Crippen LogP contribution in [0.4, 0.5) is 22.7 Å². The van der Waals surface area contributed by atoms with Crippen molar-refractivity contribution in [2.45, 2.75) is 0 Å². The Balaban J connectivity index is 2.28. The monoisotopic (exact) mass is 408 g/mol. The van der Waals surface area contributed by atoms with Crippen LogP contribution >= 0.6 is 0 Å². The van der Waals surface area contributed by atoms with E-state index in [0.29, 0.717) is 11.4 Å². The molecule has 3 aromatic rings. The van der Waals surface area contributed by atoms with Crippen LogP contribution in [0.3, 0.4) is 0 Å². The third-order valence-electron chi connectivity index (χ3n) is 4.31. The molecule has 0 radical (unpaired) electrons. The number of aromatic hydroxyl groups is 2. The summed E-state index contributed by atoms with van der Waals surface area (Å²) < 4.78 is 9.58. The third-order valence-corrected chi connectivity index (χ3v) is 4.31. The van der Waals surface area contributed by atoms with E-state index < -0.39 is 23.4 Å². The van der Waals surface area contributed by atoms with Crippen molar-refractivity contribution in [3.63, 3.8) is 0 Å². The van der Waals surface area contributed by atoms with Crippen molar-refractivity contribution in [3.8, 4) is 11.5 Å². The van der Waals surface area contributed by atoms with Gasteiger partial charge in [0.15, 0.2) is 11.5 Å². The van der Waals surface area contributed by atoms with Crippen LogP contribution in [-0.4, -0.2) is 36.4 Å². The summed E-state index contributed by atoms with van der Waals surface area (Å²) >= 11 is 0. The first kappa shape index (κ1) is 20.5. The van der Waals surface area contributed by atoms with Crippen LogP contribution < -0.4 is 10.6 Å². The zero-order valence-electron chi connectivity index (χ0n) is 16.3. The van der Waals surface area contributed by atoms with Gasteiger partial charge >= 0.3 is 11.9 Å². The first-order valence-electron chi connectivity index (χ1n) is 8.90. The second-order valence-corrected chi connectivity index (χ2v) is 6.16. The minimum absolute atomic E-state index is 0.190. The first-order valence-corrected chi connectivity index (χ1v) is 8.90. The summed E-state index contributed by atoms with van der Waals surface area (Å²) in [6.07, 6.45) is 0. The van der Waals surface area contributed by atoms with Crippen LogP contribution in [0, 0.1) is 0 Å². The lowest BCUT2D eigenvalue weighted by Gasteiger charge is -2.21. The van der Waals surface area contributed by atoms with E-state index in [-0.39, 0.29) is 22.5 Å². The van der Waals surface area contributed by atoms with E-state index in [1.165, 1.54) is 0 Å². The highest BCUT2D eigenvalue weighted by Crippen LogP contribution is 2.47. The summed E-state index contributed by atoms with van der Waals surface area (Å²) in [5.74, 6) is -2.98. The number of methoxy groups -OCH3 is 2. The van der Waals surface area contributed by atoms with Gasteiger partial charge in [-0.2, -0.15) is 0 Å². The van der Waals surface area contributed by atoms with E-state index in [1.807, 2.05) is 0 Å². The number of ether oxygens (including phenoxy) is 2. The maximum Gasteiger partial charge on any atom is 0.344 e. The number of hydrogen-bond donors (Lipinski definition) is 4. The summed E-state index contributed by atoms with van der Waals surface area (Å²) in [6, 6.07) is 17.3. The molecule has 8 nitrogen and oxygen atoms in total. The van der Waals surface area contributed by atoms with Crippen molar-refractivity contribution in [1.29, 1.82) is 0 Å². The molecule has 0 aliphatic carbocycles. The average molecular weight is 408 g/mol. The molecule has 4 N–H and O–H groups in total. The van der Waals surface area contributed by atoms with Gasteiger partial charge in [-0.25, -0.2) is 9.59 Å². The van der Waals surface area contributed by atoms with Gasteiger partial charge in [-0.05, 0) is 24.3 Å². The summed E-state index contributed by atoms with van der Waals surface area (Å²) in [7, 11) is 2.28. The van der Waals surface area contributed by atoms with Crippen LogP contribution in [0.1, 0.15) is 20.7 Å². The van der Waals surface area contributed by atoms with Crippen molar-refractivity contribution in [3.05, 3.63) is 71.8 Å². The lowest BCUT2D eigenvalue weighted by Crippen LogP contribution is -2.13. The summed E-state index contributed by atoms with van der Waals surface area (Å²) in [4.78, 5) is 25.0. The Morgan fingerprint density at radius 3 is 1.30 bits per heavy atom.